The van der Waals surface area contributed by atoms with Gasteiger partial charge in [-0.1, -0.05) is 18.2 Å². The number of benzene rings is 1. The molecule has 1 aromatic carbocycles. The number of nitriles is 1. The fourth-order valence-electron chi connectivity index (χ4n) is 3.44. The van der Waals surface area contributed by atoms with Crippen LogP contribution in [0.5, 0.6) is 0 Å². The highest BCUT2D eigenvalue weighted by Crippen LogP contribution is 2.38. The van der Waals surface area contributed by atoms with E-state index < -0.39 is 0 Å². The molecule has 0 amide bonds. The molecule has 0 bridgehead atoms. The quantitative estimate of drug-likeness (QED) is 0.479. The maximum absolute atomic E-state index is 9.32. The van der Waals surface area contributed by atoms with Crippen LogP contribution in [0.15, 0.2) is 59.5 Å². The summed E-state index contributed by atoms with van der Waals surface area (Å²) in [5, 5.41) is 18.5. The molecule has 4 heterocycles. The number of rotatable bonds is 4. The normalized spacial score (nSPS) is 11.0. The second-order valence-electron chi connectivity index (χ2n) is 6.93. The topological polar surface area (TPSA) is 132 Å². The van der Waals surface area contributed by atoms with Gasteiger partial charge in [0.25, 0.3) is 0 Å². The monoisotopic (exact) mass is 408 g/mol. The lowest BCUT2D eigenvalue weighted by atomic mass is 10.00. The van der Waals surface area contributed by atoms with Crippen LogP contribution in [-0.2, 0) is 6.54 Å². The van der Waals surface area contributed by atoms with Gasteiger partial charge in [0.05, 0.1) is 34.3 Å². The van der Waals surface area contributed by atoms with E-state index in [1.807, 2.05) is 31.2 Å². The predicted molar refractivity (Wildman–Crippen MR) is 113 cm³/mol. The van der Waals surface area contributed by atoms with E-state index in [1.165, 1.54) is 11.2 Å². The summed E-state index contributed by atoms with van der Waals surface area (Å²) >= 11 is 0. The molecule has 0 unspecified atom stereocenters. The van der Waals surface area contributed by atoms with Crippen molar-refractivity contribution in [3.8, 4) is 28.7 Å². The van der Waals surface area contributed by atoms with Crippen molar-refractivity contribution < 1.29 is 4.42 Å². The molecule has 0 aliphatic carbocycles. The second kappa shape index (κ2) is 7.35. The van der Waals surface area contributed by atoms with Gasteiger partial charge in [0.1, 0.15) is 12.1 Å². The molecular formula is C22H16N8O. The molecule has 0 spiro atoms. The summed E-state index contributed by atoms with van der Waals surface area (Å²) in [4.78, 5) is 14.7. The Balaban J connectivity index is 1.77. The second-order valence-corrected chi connectivity index (χ2v) is 6.93. The van der Waals surface area contributed by atoms with Gasteiger partial charge in [0.15, 0.2) is 23.5 Å². The summed E-state index contributed by atoms with van der Waals surface area (Å²) < 4.78 is 5.70. The van der Waals surface area contributed by atoms with Crippen LogP contribution in [0.2, 0.25) is 0 Å². The molecule has 5 aromatic rings. The van der Waals surface area contributed by atoms with Crippen molar-refractivity contribution in [3.05, 3.63) is 72.0 Å². The Labute approximate surface area is 176 Å². The van der Waals surface area contributed by atoms with E-state index in [2.05, 4.69) is 31.2 Å². The third kappa shape index (κ3) is 3.26. The lowest BCUT2D eigenvalue weighted by molar-refractivity contribution is 0.571. The highest BCUT2D eigenvalue weighted by molar-refractivity contribution is 6.02. The summed E-state index contributed by atoms with van der Waals surface area (Å²) in [6.07, 6.45) is 3.10. The molecule has 150 valence electrons. The summed E-state index contributed by atoms with van der Waals surface area (Å²) in [5.41, 5.74) is 11.2. The summed E-state index contributed by atoms with van der Waals surface area (Å²) in [6, 6.07) is 15.0. The van der Waals surface area contributed by atoms with Crippen LogP contribution in [0.3, 0.4) is 0 Å². The zero-order valence-corrected chi connectivity index (χ0v) is 16.5. The Kier molecular flexibility index (Phi) is 4.37. The average molecular weight is 408 g/mol. The number of anilines is 1. The highest BCUT2D eigenvalue weighted by atomic mass is 16.3. The molecule has 31 heavy (non-hydrogen) atoms. The van der Waals surface area contributed by atoms with Gasteiger partial charge in [0, 0.05) is 11.8 Å². The molecule has 0 fully saturated rings. The maximum Gasteiger partial charge on any atom is 0.181 e. The fourth-order valence-corrected chi connectivity index (χ4v) is 3.44. The summed E-state index contributed by atoms with van der Waals surface area (Å²) in [6.45, 7) is 2.22. The minimum absolute atomic E-state index is 0.237. The molecule has 0 radical (unpaired) electrons. The van der Waals surface area contributed by atoms with Gasteiger partial charge in [-0.25, -0.2) is 9.97 Å². The minimum Gasteiger partial charge on any atom is -0.443 e. The molecule has 2 N–H and O–H groups in total. The third-order valence-corrected chi connectivity index (χ3v) is 4.87. The van der Waals surface area contributed by atoms with Crippen LogP contribution < -0.4 is 5.73 Å². The van der Waals surface area contributed by atoms with E-state index >= 15 is 0 Å². The first kappa shape index (κ1) is 18.4. The van der Waals surface area contributed by atoms with Crippen LogP contribution in [0.1, 0.15) is 17.0 Å². The van der Waals surface area contributed by atoms with E-state index in [1.54, 1.807) is 24.4 Å². The molecule has 0 saturated heterocycles. The highest BCUT2D eigenvalue weighted by Gasteiger charge is 2.24. The largest absolute Gasteiger partial charge is 0.443 e. The minimum atomic E-state index is 0.237. The smallest absolute Gasteiger partial charge is 0.181 e. The first-order valence-electron chi connectivity index (χ1n) is 9.49. The molecule has 0 saturated carbocycles. The number of aromatic nitrogens is 6. The lowest BCUT2D eigenvalue weighted by Crippen LogP contribution is -2.05. The Hall–Kier alpha value is -4.58. The zero-order valence-electron chi connectivity index (χ0n) is 16.5. The standard InChI is InChI=1S/C22H16N8O/c1-13-21(31-12-26-13)17-18(15-6-4-5-14(9-15)10-23)27-22(24)20-19(17)28-30(29-20)11-16-7-2-3-8-25-16/h2-9,12H,11H2,1H3,(H2,24,27). The van der Waals surface area contributed by atoms with Gasteiger partial charge < -0.3 is 10.2 Å². The third-order valence-electron chi connectivity index (χ3n) is 4.87. The maximum atomic E-state index is 9.32. The number of nitrogen functional groups attached to an aromatic ring is 1. The van der Waals surface area contributed by atoms with Crippen molar-refractivity contribution in [1.82, 2.24) is 29.9 Å². The molecule has 4 aromatic heterocycles. The Morgan fingerprint density at radius 1 is 1.10 bits per heavy atom. The van der Waals surface area contributed by atoms with Gasteiger partial charge in [-0.2, -0.15) is 15.2 Å². The van der Waals surface area contributed by atoms with Crippen molar-refractivity contribution in [2.45, 2.75) is 13.5 Å². The van der Waals surface area contributed by atoms with Gasteiger partial charge in [-0.05, 0) is 31.2 Å². The van der Waals surface area contributed by atoms with Gasteiger partial charge >= 0.3 is 0 Å². The predicted octanol–water partition coefficient (Wildman–Crippen LogP) is 3.35. The Bertz CT molecular complexity index is 1450. The Morgan fingerprint density at radius 3 is 2.71 bits per heavy atom. The number of nitrogens with zero attached hydrogens (tertiary/aromatic N) is 7. The summed E-state index contributed by atoms with van der Waals surface area (Å²) in [5.74, 6) is 0.764. The SMILES string of the molecule is Cc1ncoc1-c1c(-c2cccc(C#N)c2)nc(N)c2nn(Cc3ccccn3)nc12. The summed E-state index contributed by atoms with van der Waals surface area (Å²) in [7, 11) is 0. The van der Waals surface area contributed by atoms with Crippen molar-refractivity contribution in [2.24, 2.45) is 0 Å². The fraction of sp³-hybridized carbons (Fsp3) is 0.0909. The number of pyridine rings is 2. The molecule has 0 atom stereocenters. The molecule has 0 aliphatic rings. The number of hydrogen-bond acceptors (Lipinski definition) is 8. The van der Waals surface area contributed by atoms with Gasteiger partial charge in [-0.3, -0.25) is 4.98 Å². The van der Waals surface area contributed by atoms with Gasteiger partial charge in [-0.15, -0.1) is 5.10 Å². The van der Waals surface area contributed by atoms with E-state index in [4.69, 9.17) is 10.2 Å². The van der Waals surface area contributed by atoms with Crippen molar-refractivity contribution >= 4 is 16.9 Å². The van der Waals surface area contributed by atoms with Crippen LogP contribution in [-0.4, -0.2) is 29.9 Å². The first-order chi connectivity index (χ1) is 15.1. The molecule has 0 aliphatic heterocycles. The van der Waals surface area contributed by atoms with Crippen molar-refractivity contribution in [1.29, 1.82) is 5.26 Å². The number of aryl methyl sites for hydroxylation is 1. The number of nitrogens with two attached hydrogens (primary N) is 1. The van der Waals surface area contributed by atoms with Crippen molar-refractivity contribution in [3.63, 3.8) is 0 Å². The molecule has 5 rings (SSSR count). The number of oxazole rings is 1. The Morgan fingerprint density at radius 2 is 1.97 bits per heavy atom. The lowest BCUT2D eigenvalue weighted by Gasteiger charge is -2.09. The molecule has 9 nitrogen and oxygen atoms in total. The van der Waals surface area contributed by atoms with Crippen LogP contribution >= 0.6 is 0 Å². The zero-order chi connectivity index (χ0) is 21.4. The van der Waals surface area contributed by atoms with Crippen LogP contribution in [0.4, 0.5) is 5.82 Å². The number of fused-ring (bicyclic) bond motifs is 1. The molecule has 9 heteroatoms. The van der Waals surface area contributed by atoms with E-state index in [9.17, 15) is 5.26 Å². The first-order valence-corrected chi connectivity index (χ1v) is 9.49. The van der Waals surface area contributed by atoms with E-state index in [0.717, 1.165) is 11.3 Å². The number of hydrogen-bond donors (Lipinski definition) is 1. The average Bonchev–Trinajstić information content (AvgIpc) is 3.41. The molecular weight excluding hydrogens is 392 g/mol. The van der Waals surface area contributed by atoms with Crippen LogP contribution in [0, 0.1) is 18.3 Å². The van der Waals surface area contributed by atoms with E-state index in [0.29, 0.717) is 45.9 Å². The van der Waals surface area contributed by atoms with Gasteiger partial charge in [0.2, 0.25) is 0 Å². The van der Waals surface area contributed by atoms with Crippen molar-refractivity contribution in [2.75, 3.05) is 5.73 Å². The van der Waals surface area contributed by atoms with E-state index in [-0.39, 0.29) is 5.82 Å². The van der Waals surface area contributed by atoms with Crippen LogP contribution in [0.25, 0.3) is 33.6 Å².